The summed E-state index contributed by atoms with van der Waals surface area (Å²) in [6.45, 7) is 9.68. The largest absolute Gasteiger partial charge is 0.508 e. The van der Waals surface area contributed by atoms with Gasteiger partial charge in [-0.2, -0.15) is 0 Å². The molecule has 0 aliphatic heterocycles. The Bertz CT molecular complexity index is 917. The van der Waals surface area contributed by atoms with E-state index in [0.717, 1.165) is 40.0 Å². The van der Waals surface area contributed by atoms with E-state index in [4.69, 9.17) is 0 Å². The summed E-state index contributed by atoms with van der Waals surface area (Å²) in [6, 6.07) is 4.72. The topological polar surface area (TPSA) is 153 Å². The first-order chi connectivity index (χ1) is 17.7. The van der Waals surface area contributed by atoms with E-state index in [1.165, 1.54) is 0 Å². The normalized spacial score (nSPS) is 13.9. The minimum absolute atomic E-state index is 0.0515. The van der Waals surface area contributed by atoms with Gasteiger partial charge in [0.25, 0.3) is 0 Å². The Morgan fingerprint density at radius 1 is 0.895 bits per heavy atom. The highest BCUT2D eigenvalue weighted by molar-refractivity contribution is 8.76. The number of phenolic OH excluding ortho intramolecular Hbond substituents is 1. The zero-order chi connectivity index (χ0) is 28.9. The van der Waals surface area contributed by atoms with Crippen LogP contribution in [-0.4, -0.2) is 62.7 Å². The molecule has 2 amide bonds. The van der Waals surface area contributed by atoms with Crippen molar-refractivity contribution in [3.8, 4) is 5.75 Å². The van der Waals surface area contributed by atoms with Crippen LogP contribution in [0.5, 0.6) is 5.75 Å². The molecule has 0 spiro atoms. The molecule has 0 aromatic heterocycles. The van der Waals surface area contributed by atoms with Crippen molar-refractivity contribution in [1.82, 2.24) is 10.6 Å². The summed E-state index contributed by atoms with van der Waals surface area (Å²) in [7, 11) is 2.29. The molecule has 0 saturated heterocycles. The van der Waals surface area contributed by atoms with Crippen LogP contribution < -0.4 is 10.6 Å². The lowest BCUT2D eigenvalue weighted by atomic mass is 9.90. The third kappa shape index (κ3) is 14.5. The Balaban J connectivity index is 2.61. The number of carbonyl (C=O) groups excluding carboxylic acids is 2. The second kappa shape index (κ2) is 16.5. The second-order valence-corrected chi connectivity index (χ2v) is 13.6. The van der Waals surface area contributed by atoms with Gasteiger partial charge in [0.2, 0.25) is 11.8 Å². The molecule has 3 atom stereocenters. The summed E-state index contributed by atoms with van der Waals surface area (Å²) in [4.78, 5) is 48.5. The molecular weight excluding hydrogens is 528 g/mol. The van der Waals surface area contributed by atoms with E-state index in [9.17, 15) is 34.5 Å². The summed E-state index contributed by atoms with van der Waals surface area (Å²) < 4.78 is 0. The first-order valence-electron chi connectivity index (χ1n) is 12.8. The molecule has 214 valence electrons. The van der Waals surface area contributed by atoms with Gasteiger partial charge < -0.3 is 26.0 Å². The SMILES string of the molecule is CC(C)CC(CCCc1ccc(O)cc1)C(=O)N[C@@H](CSSC[C@H](NC(=O)CC(C)(C)C)C(=O)O)C(=O)O. The highest BCUT2D eigenvalue weighted by Gasteiger charge is 2.27. The highest BCUT2D eigenvalue weighted by atomic mass is 33.1. The average Bonchev–Trinajstić information content (AvgIpc) is 2.78. The predicted octanol–water partition coefficient (Wildman–Crippen LogP) is 4.33. The summed E-state index contributed by atoms with van der Waals surface area (Å²) >= 11 is 0. The number of benzene rings is 1. The molecule has 11 heteroatoms. The van der Waals surface area contributed by atoms with Crippen molar-refractivity contribution in [1.29, 1.82) is 0 Å². The molecule has 0 aliphatic carbocycles. The van der Waals surface area contributed by atoms with Crippen LogP contribution in [0.3, 0.4) is 0 Å². The van der Waals surface area contributed by atoms with Crippen molar-refractivity contribution in [2.45, 2.75) is 78.8 Å². The fourth-order valence-corrected chi connectivity index (χ4v) is 6.05. The smallest absolute Gasteiger partial charge is 0.327 e. The maximum absolute atomic E-state index is 13.0. The number of carboxylic acids is 2. The first-order valence-corrected chi connectivity index (χ1v) is 15.2. The lowest BCUT2D eigenvalue weighted by Gasteiger charge is -2.22. The molecule has 0 radical (unpaired) electrons. The molecule has 1 rings (SSSR count). The zero-order valence-electron chi connectivity index (χ0n) is 22.9. The van der Waals surface area contributed by atoms with E-state index < -0.39 is 24.0 Å². The van der Waals surface area contributed by atoms with Crippen molar-refractivity contribution in [3.05, 3.63) is 29.8 Å². The van der Waals surface area contributed by atoms with Crippen LogP contribution in [0, 0.1) is 17.3 Å². The number of aromatic hydroxyl groups is 1. The molecular formula is C27H42N2O7S2. The van der Waals surface area contributed by atoms with Crippen molar-refractivity contribution in [2.24, 2.45) is 17.3 Å². The molecule has 38 heavy (non-hydrogen) atoms. The molecule has 0 heterocycles. The van der Waals surface area contributed by atoms with Crippen LogP contribution in [0.25, 0.3) is 0 Å². The van der Waals surface area contributed by atoms with E-state index in [1.807, 2.05) is 46.8 Å². The van der Waals surface area contributed by atoms with Crippen molar-refractivity contribution < 1.29 is 34.5 Å². The van der Waals surface area contributed by atoms with Crippen LogP contribution in [0.2, 0.25) is 0 Å². The molecule has 1 unspecified atom stereocenters. The Labute approximate surface area is 233 Å². The molecule has 0 aliphatic rings. The first kappa shape index (κ1) is 33.6. The molecule has 1 aromatic rings. The van der Waals surface area contributed by atoms with Gasteiger partial charge in [0.05, 0.1) is 0 Å². The average molecular weight is 571 g/mol. The number of phenols is 1. The van der Waals surface area contributed by atoms with Crippen LogP contribution in [-0.2, 0) is 25.6 Å². The van der Waals surface area contributed by atoms with E-state index in [0.29, 0.717) is 12.8 Å². The fraction of sp³-hybridized carbons (Fsp3) is 0.630. The number of amides is 2. The summed E-state index contributed by atoms with van der Waals surface area (Å²) in [5.74, 6) is -2.74. The van der Waals surface area contributed by atoms with Gasteiger partial charge in [-0.1, -0.05) is 68.3 Å². The maximum atomic E-state index is 13.0. The van der Waals surface area contributed by atoms with Crippen LogP contribution in [0.15, 0.2) is 24.3 Å². The third-order valence-corrected chi connectivity index (χ3v) is 7.99. The summed E-state index contributed by atoms with van der Waals surface area (Å²) in [6.07, 6.45) is 2.91. The van der Waals surface area contributed by atoms with Gasteiger partial charge in [-0.25, -0.2) is 9.59 Å². The Morgan fingerprint density at radius 3 is 1.89 bits per heavy atom. The van der Waals surface area contributed by atoms with Crippen molar-refractivity contribution in [2.75, 3.05) is 11.5 Å². The van der Waals surface area contributed by atoms with Crippen LogP contribution >= 0.6 is 21.6 Å². The van der Waals surface area contributed by atoms with E-state index in [-0.39, 0.29) is 52.7 Å². The third-order valence-electron chi connectivity index (χ3n) is 5.57. The van der Waals surface area contributed by atoms with Gasteiger partial charge in [0, 0.05) is 23.8 Å². The number of nitrogens with one attached hydrogen (secondary N) is 2. The minimum atomic E-state index is -1.16. The summed E-state index contributed by atoms with van der Waals surface area (Å²) in [5.41, 5.74) is 0.776. The summed E-state index contributed by atoms with van der Waals surface area (Å²) in [5, 5.41) is 33.7. The Morgan fingerprint density at radius 2 is 1.42 bits per heavy atom. The maximum Gasteiger partial charge on any atom is 0.327 e. The van der Waals surface area contributed by atoms with Crippen LogP contribution in [0.4, 0.5) is 0 Å². The fourth-order valence-electron chi connectivity index (χ4n) is 3.74. The molecule has 9 nitrogen and oxygen atoms in total. The number of aliphatic carboxylic acids is 2. The van der Waals surface area contributed by atoms with Gasteiger partial charge in [0.15, 0.2) is 0 Å². The van der Waals surface area contributed by atoms with Crippen molar-refractivity contribution in [3.63, 3.8) is 0 Å². The lowest BCUT2D eigenvalue weighted by molar-refractivity contribution is -0.142. The molecule has 1 aromatic carbocycles. The number of rotatable bonds is 17. The molecule has 5 N–H and O–H groups in total. The Kier molecular flexibility index (Phi) is 14.6. The molecule has 0 fully saturated rings. The minimum Gasteiger partial charge on any atom is -0.508 e. The van der Waals surface area contributed by atoms with Crippen LogP contribution in [0.1, 0.15) is 65.9 Å². The standard InChI is InChI=1S/C27H42N2O7S2/c1-17(2)13-19(8-6-7-18-9-11-20(30)12-10-18)24(32)29-22(26(35)36)16-38-37-15-21(25(33)34)28-23(31)14-27(3,4)5/h9-12,17,19,21-22,30H,6-8,13-16H2,1-5H3,(H,28,31)(H,29,32)(H,33,34)(H,35,36)/t19?,21-,22-/m0/s1. The highest BCUT2D eigenvalue weighted by Crippen LogP contribution is 2.25. The quantitative estimate of drug-likeness (QED) is 0.136. The number of carboxylic acid groups (broad SMARTS) is 2. The number of carbonyl (C=O) groups is 4. The van der Waals surface area contributed by atoms with Gasteiger partial charge in [0.1, 0.15) is 17.8 Å². The number of aryl methyl sites for hydroxylation is 1. The van der Waals surface area contributed by atoms with Gasteiger partial charge in [-0.3, -0.25) is 9.59 Å². The van der Waals surface area contributed by atoms with Crippen molar-refractivity contribution >= 4 is 45.3 Å². The van der Waals surface area contributed by atoms with Gasteiger partial charge in [-0.15, -0.1) is 0 Å². The number of hydrogen-bond acceptors (Lipinski definition) is 7. The number of hydrogen-bond donors (Lipinski definition) is 5. The molecule has 0 saturated carbocycles. The second-order valence-electron chi connectivity index (χ2n) is 11.0. The monoisotopic (exact) mass is 570 g/mol. The zero-order valence-corrected chi connectivity index (χ0v) is 24.5. The van der Waals surface area contributed by atoms with E-state index >= 15 is 0 Å². The van der Waals surface area contributed by atoms with Gasteiger partial charge >= 0.3 is 11.9 Å². The molecule has 0 bridgehead atoms. The van der Waals surface area contributed by atoms with E-state index in [2.05, 4.69) is 10.6 Å². The lowest BCUT2D eigenvalue weighted by Crippen LogP contribution is -2.45. The predicted molar refractivity (Wildman–Crippen MR) is 152 cm³/mol. The van der Waals surface area contributed by atoms with Gasteiger partial charge in [-0.05, 0) is 54.7 Å². The Hall–Kier alpha value is -2.40. The van der Waals surface area contributed by atoms with E-state index in [1.54, 1.807) is 12.1 Å².